The Labute approximate surface area is 80.8 Å². The number of hydrogen-bond donors (Lipinski definition) is 2. The molecule has 1 aromatic carbocycles. The van der Waals surface area contributed by atoms with Crippen molar-refractivity contribution in [2.24, 2.45) is 0 Å². The maximum atomic E-state index is 11.2. The van der Waals surface area contributed by atoms with Crippen LogP contribution in [-0.2, 0) is 0 Å². The fourth-order valence-corrected chi connectivity index (χ4v) is 1.62. The van der Waals surface area contributed by atoms with Gasteiger partial charge in [0.2, 0.25) is 0 Å². The van der Waals surface area contributed by atoms with Crippen molar-refractivity contribution < 1.29 is 5.21 Å². The van der Waals surface area contributed by atoms with Gasteiger partial charge in [-0.1, -0.05) is 26.0 Å². The number of hydrogen-bond acceptors (Lipinski definition) is 2. The van der Waals surface area contributed by atoms with Crippen LogP contribution in [0.1, 0.15) is 25.3 Å². The Kier molecular flexibility index (Phi) is 1.84. The summed E-state index contributed by atoms with van der Waals surface area (Å²) in [5.74, 6) is 0.316. The van der Waals surface area contributed by atoms with Gasteiger partial charge in [0.25, 0.3) is 0 Å². The maximum Gasteiger partial charge on any atom is 0.359 e. The number of nitrogens with one attached hydrogen (secondary N) is 1. The van der Waals surface area contributed by atoms with Crippen LogP contribution < -0.4 is 5.69 Å². The van der Waals surface area contributed by atoms with Crippen LogP contribution in [0.3, 0.4) is 0 Å². The molecule has 0 aliphatic rings. The van der Waals surface area contributed by atoms with E-state index in [1.165, 1.54) is 0 Å². The van der Waals surface area contributed by atoms with Gasteiger partial charge in [-0.15, -0.1) is 4.73 Å². The highest BCUT2D eigenvalue weighted by Gasteiger charge is 2.10. The number of H-pyrrole nitrogens is 1. The summed E-state index contributed by atoms with van der Waals surface area (Å²) in [6.07, 6.45) is 0. The number of aromatic amines is 1. The van der Waals surface area contributed by atoms with E-state index in [2.05, 4.69) is 4.98 Å². The molecule has 0 spiro atoms. The minimum atomic E-state index is -0.492. The molecule has 0 fully saturated rings. The van der Waals surface area contributed by atoms with E-state index in [4.69, 9.17) is 0 Å². The number of para-hydroxylation sites is 1. The summed E-state index contributed by atoms with van der Waals surface area (Å²) in [7, 11) is 0. The molecule has 4 nitrogen and oxygen atoms in total. The molecule has 0 saturated carbocycles. The highest BCUT2D eigenvalue weighted by atomic mass is 16.5. The third-order valence-corrected chi connectivity index (χ3v) is 2.35. The van der Waals surface area contributed by atoms with Crippen molar-refractivity contribution in [1.29, 1.82) is 0 Å². The summed E-state index contributed by atoms with van der Waals surface area (Å²) in [5, 5.41) is 9.38. The second kappa shape index (κ2) is 2.90. The minimum Gasteiger partial charge on any atom is -0.424 e. The lowest BCUT2D eigenvalue weighted by Crippen LogP contribution is -2.12. The van der Waals surface area contributed by atoms with Crippen LogP contribution in [0.5, 0.6) is 0 Å². The Hall–Kier alpha value is -1.71. The summed E-state index contributed by atoms with van der Waals surface area (Å²) >= 11 is 0. The van der Waals surface area contributed by atoms with Crippen molar-refractivity contribution in [1.82, 2.24) is 9.71 Å². The molecular weight excluding hydrogens is 180 g/mol. The predicted octanol–water partition coefficient (Wildman–Crippen LogP) is 1.69. The lowest BCUT2D eigenvalue weighted by molar-refractivity contribution is 0.188. The number of benzene rings is 1. The molecule has 2 rings (SSSR count). The number of nitrogens with zero attached hydrogens (tertiary/aromatic N) is 1. The summed E-state index contributed by atoms with van der Waals surface area (Å²) in [6, 6.07) is 5.49. The van der Waals surface area contributed by atoms with Crippen LogP contribution in [0.4, 0.5) is 0 Å². The van der Waals surface area contributed by atoms with E-state index >= 15 is 0 Å². The third kappa shape index (κ3) is 1.11. The number of imidazole rings is 1. The smallest absolute Gasteiger partial charge is 0.359 e. The molecule has 2 N–H and O–H groups in total. The van der Waals surface area contributed by atoms with Crippen molar-refractivity contribution in [2.45, 2.75) is 19.8 Å². The predicted molar refractivity (Wildman–Crippen MR) is 53.8 cm³/mol. The largest absolute Gasteiger partial charge is 0.424 e. The first-order chi connectivity index (χ1) is 6.61. The molecular formula is C10H12N2O2. The highest BCUT2D eigenvalue weighted by Crippen LogP contribution is 2.22. The lowest BCUT2D eigenvalue weighted by Gasteiger charge is -2.05. The van der Waals surface area contributed by atoms with Crippen LogP contribution in [-0.4, -0.2) is 14.9 Å². The van der Waals surface area contributed by atoms with Gasteiger partial charge in [-0.05, 0) is 17.5 Å². The second-order valence-corrected chi connectivity index (χ2v) is 3.64. The number of fused-ring (bicyclic) bond motifs is 1. The van der Waals surface area contributed by atoms with Crippen molar-refractivity contribution >= 4 is 11.0 Å². The molecule has 0 bridgehead atoms. The Morgan fingerprint density at radius 2 is 2.14 bits per heavy atom. The monoisotopic (exact) mass is 192 g/mol. The SMILES string of the molecule is CC(C)c1cccc2c1[nH]c(=O)n2O. The molecule has 0 unspecified atom stereocenters. The zero-order valence-corrected chi connectivity index (χ0v) is 8.11. The summed E-state index contributed by atoms with van der Waals surface area (Å²) in [4.78, 5) is 13.8. The molecule has 0 saturated heterocycles. The quantitative estimate of drug-likeness (QED) is 0.675. The Morgan fingerprint density at radius 1 is 1.43 bits per heavy atom. The van der Waals surface area contributed by atoms with Gasteiger partial charge < -0.3 is 10.2 Å². The van der Waals surface area contributed by atoms with Crippen molar-refractivity contribution in [2.75, 3.05) is 0 Å². The van der Waals surface area contributed by atoms with Crippen LogP contribution in [0.25, 0.3) is 11.0 Å². The van der Waals surface area contributed by atoms with Gasteiger partial charge in [-0.2, -0.15) is 0 Å². The van der Waals surface area contributed by atoms with E-state index in [0.717, 1.165) is 11.1 Å². The Morgan fingerprint density at radius 3 is 2.79 bits per heavy atom. The zero-order chi connectivity index (χ0) is 10.3. The van der Waals surface area contributed by atoms with Crippen LogP contribution in [0.15, 0.2) is 23.0 Å². The number of rotatable bonds is 1. The van der Waals surface area contributed by atoms with Gasteiger partial charge >= 0.3 is 5.69 Å². The molecule has 1 aromatic heterocycles. The van der Waals surface area contributed by atoms with Crippen molar-refractivity contribution in [3.63, 3.8) is 0 Å². The van der Waals surface area contributed by atoms with Crippen molar-refractivity contribution in [3.05, 3.63) is 34.2 Å². The zero-order valence-electron chi connectivity index (χ0n) is 8.11. The van der Waals surface area contributed by atoms with E-state index < -0.39 is 5.69 Å². The molecule has 74 valence electrons. The molecule has 0 aliphatic carbocycles. The molecule has 4 heteroatoms. The van der Waals surface area contributed by atoms with E-state index in [0.29, 0.717) is 16.2 Å². The fourth-order valence-electron chi connectivity index (χ4n) is 1.62. The Balaban J connectivity index is 2.88. The average molecular weight is 192 g/mol. The van der Waals surface area contributed by atoms with E-state index in [9.17, 15) is 10.0 Å². The normalized spacial score (nSPS) is 11.4. The van der Waals surface area contributed by atoms with Crippen LogP contribution in [0.2, 0.25) is 0 Å². The Bertz CT molecular complexity index is 522. The summed E-state index contributed by atoms with van der Waals surface area (Å²) < 4.78 is 0.640. The average Bonchev–Trinajstić information content (AvgIpc) is 2.43. The highest BCUT2D eigenvalue weighted by molar-refractivity contribution is 5.79. The van der Waals surface area contributed by atoms with Gasteiger partial charge in [-0.25, -0.2) is 4.79 Å². The molecule has 0 aliphatic heterocycles. The number of aromatic nitrogens is 2. The van der Waals surface area contributed by atoms with Crippen LogP contribution in [0, 0.1) is 0 Å². The molecule has 0 amide bonds. The van der Waals surface area contributed by atoms with Gasteiger partial charge in [0.15, 0.2) is 0 Å². The fraction of sp³-hybridized carbons (Fsp3) is 0.300. The molecule has 1 heterocycles. The topological polar surface area (TPSA) is 58.0 Å². The van der Waals surface area contributed by atoms with E-state index in [1.807, 2.05) is 26.0 Å². The minimum absolute atomic E-state index is 0.316. The van der Waals surface area contributed by atoms with E-state index in [-0.39, 0.29) is 0 Å². The van der Waals surface area contributed by atoms with Crippen LogP contribution >= 0.6 is 0 Å². The molecule has 0 radical (unpaired) electrons. The second-order valence-electron chi connectivity index (χ2n) is 3.64. The van der Waals surface area contributed by atoms with Gasteiger partial charge in [-0.3, -0.25) is 0 Å². The van der Waals surface area contributed by atoms with Gasteiger partial charge in [0, 0.05) is 0 Å². The molecule has 14 heavy (non-hydrogen) atoms. The first-order valence-electron chi connectivity index (χ1n) is 4.54. The van der Waals surface area contributed by atoms with Gasteiger partial charge in [0.1, 0.15) is 5.52 Å². The first kappa shape index (κ1) is 8.87. The van der Waals surface area contributed by atoms with Crippen molar-refractivity contribution in [3.8, 4) is 0 Å². The standard InChI is InChI=1S/C10H12N2O2/c1-6(2)7-4-3-5-8-9(7)11-10(13)12(8)14/h3-6,14H,1-2H3,(H,11,13). The maximum absolute atomic E-state index is 11.2. The van der Waals surface area contributed by atoms with E-state index in [1.54, 1.807) is 6.07 Å². The first-order valence-corrected chi connectivity index (χ1v) is 4.54. The summed E-state index contributed by atoms with van der Waals surface area (Å²) in [5.41, 5.74) is 1.79. The molecule has 0 atom stereocenters. The molecule has 2 aromatic rings. The summed E-state index contributed by atoms with van der Waals surface area (Å²) in [6.45, 7) is 4.09. The van der Waals surface area contributed by atoms with Gasteiger partial charge in [0.05, 0.1) is 5.52 Å². The third-order valence-electron chi connectivity index (χ3n) is 2.35. The lowest BCUT2D eigenvalue weighted by atomic mass is 10.0.